The van der Waals surface area contributed by atoms with E-state index in [1.165, 1.54) is 43.8 Å². The molecule has 1 fully saturated rings. The van der Waals surface area contributed by atoms with Crippen LogP contribution in [0.2, 0.25) is 0 Å². The second kappa shape index (κ2) is 8.36. The van der Waals surface area contributed by atoms with E-state index < -0.39 is 26.0 Å². The fourth-order valence-electron chi connectivity index (χ4n) is 3.55. The molecule has 1 amide bonds. The first-order chi connectivity index (χ1) is 14.1. The molecule has 1 saturated heterocycles. The average Bonchev–Trinajstić information content (AvgIpc) is 3.31. The number of primary amides is 1. The number of nitrogens with two attached hydrogens (primary N) is 1. The number of hydrogen-bond donors (Lipinski definition) is 1. The average molecular weight is 456 g/mol. The van der Waals surface area contributed by atoms with E-state index in [9.17, 15) is 21.6 Å². The molecule has 1 atom stereocenters. The van der Waals surface area contributed by atoms with Crippen molar-refractivity contribution in [3.05, 3.63) is 36.7 Å². The maximum atomic E-state index is 13.0. The van der Waals surface area contributed by atoms with Gasteiger partial charge in [-0.2, -0.15) is 9.40 Å². The smallest absolute Gasteiger partial charge is 0.264 e. The molecule has 1 aliphatic rings. The van der Waals surface area contributed by atoms with E-state index in [-0.39, 0.29) is 35.2 Å². The third-order valence-corrected chi connectivity index (χ3v) is 8.85. The normalized spacial score (nSPS) is 17.9. The number of rotatable bonds is 8. The number of carbonyl (C=O) groups excluding carboxylic acids is 1. The lowest BCUT2D eigenvalue weighted by Crippen LogP contribution is -2.31. The van der Waals surface area contributed by atoms with Crippen LogP contribution < -0.4 is 10.0 Å². The predicted molar refractivity (Wildman–Crippen MR) is 111 cm³/mol. The van der Waals surface area contributed by atoms with Crippen LogP contribution in [0.15, 0.2) is 46.5 Å². The Kier molecular flexibility index (Phi) is 6.20. The number of sulfonamides is 2. The molecular formula is C18H25N5O5S2. The molecule has 0 bridgehead atoms. The second-order valence-corrected chi connectivity index (χ2v) is 11.0. The number of anilines is 1. The van der Waals surface area contributed by atoms with Crippen molar-refractivity contribution in [3.63, 3.8) is 0 Å². The van der Waals surface area contributed by atoms with Crippen LogP contribution in [0.5, 0.6) is 0 Å². The van der Waals surface area contributed by atoms with E-state index in [0.717, 1.165) is 0 Å². The zero-order valence-electron chi connectivity index (χ0n) is 16.8. The summed E-state index contributed by atoms with van der Waals surface area (Å²) in [5.41, 5.74) is 5.63. The molecule has 2 heterocycles. The fraction of sp³-hybridized carbons (Fsp3) is 0.444. The monoisotopic (exact) mass is 455 g/mol. The van der Waals surface area contributed by atoms with Crippen molar-refractivity contribution in [1.29, 1.82) is 0 Å². The zero-order valence-corrected chi connectivity index (χ0v) is 18.4. The summed E-state index contributed by atoms with van der Waals surface area (Å²) >= 11 is 0. The molecule has 0 saturated carbocycles. The van der Waals surface area contributed by atoms with E-state index >= 15 is 0 Å². The van der Waals surface area contributed by atoms with Gasteiger partial charge in [0.1, 0.15) is 0 Å². The van der Waals surface area contributed by atoms with Crippen LogP contribution in [0, 0.1) is 5.92 Å². The molecule has 2 aromatic rings. The predicted octanol–water partition coefficient (Wildman–Crippen LogP) is 0.521. The zero-order chi connectivity index (χ0) is 22.1. The number of benzene rings is 1. The van der Waals surface area contributed by atoms with Gasteiger partial charge in [-0.1, -0.05) is 0 Å². The minimum absolute atomic E-state index is 0.00519. The van der Waals surface area contributed by atoms with Crippen LogP contribution in [0.1, 0.15) is 19.8 Å². The van der Waals surface area contributed by atoms with Crippen LogP contribution in [-0.4, -0.2) is 56.5 Å². The van der Waals surface area contributed by atoms with Gasteiger partial charge in [-0.05, 0) is 43.5 Å². The highest BCUT2D eigenvalue weighted by molar-refractivity contribution is 7.92. The highest BCUT2D eigenvalue weighted by atomic mass is 32.2. The van der Waals surface area contributed by atoms with Gasteiger partial charge in [-0.3, -0.25) is 13.8 Å². The fourth-order valence-corrected chi connectivity index (χ4v) is 6.53. The Bertz CT molecular complexity index is 1130. The van der Waals surface area contributed by atoms with Crippen molar-refractivity contribution >= 4 is 31.6 Å². The molecule has 30 heavy (non-hydrogen) atoms. The molecule has 1 aliphatic heterocycles. The van der Waals surface area contributed by atoms with Gasteiger partial charge in [0.05, 0.1) is 21.7 Å². The number of aryl methyl sites for hydroxylation is 1. The van der Waals surface area contributed by atoms with Crippen molar-refractivity contribution < 1.29 is 21.6 Å². The molecular weight excluding hydrogens is 430 g/mol. The highest BCUT2D eigenvalue weighted by Gasteiger charge is 2.33. The molecule has 2 N–H and O–H groups in total. The second-order valence-electron chi connectivity index (χ2n) is 7.20. The Labute approximate surface area is 176 Å². The van der Waals surface area contributed by atoms with E-state index in [0.29, 0.717) is 18.7 Å². The molecule has 1 aromatic carbocycles. The molecule has 12 heteroatoms. The van der Waals surface area contributed by atoms with E-state index in [4.69, 9.17) is 5.73 Å². The van der Waals surface area contributed by atoms with Gasteiger partial charge in [-0.15, -0.1) is 0 Å². The molecule has 3 rings (SSSR count). The number of hydrogen-bond acceptors (Lipinski definition) is 6. The first-order valence-corrected chi connectivity index (χ1v) is 12.3. The Morgan fingerprint density at radius 3 is 2.37 bits per heavy atom. The number of nitrogens with zero attached hydrogens (tertiary/aromatic N) is 4. The third-order valence-electron chi connectivity index (χ3n) is 5.05. The Morgan fingerprint density at radius 1 is 1.20 bits per heavy atom. The molecule has 10 nitrogen and oxygen atoms in total. The van der Waals surface area contributed by atoms with Gasteiger partial charge in [0.2, 0.25) is 15.9 Å². The summed E-state index contributed by atoms with van der Waals surface area (Å²) in [5.74, 6) is -0.558. The summed E-state index contributed by atoms with van der Waals surface area (Å²) in [7, 11) is -5.97. The quantitative estimate of drug-likeness (QED) is 0.616. The largest absolute Gasteiger partial charge is 0.370 e. The number of aromatic nitrogens is 2. The van der Waals surface area contributed by atoms with Crippen LogP contribution >= 0.6 is 0 Å². The molecule has 0 spiro atoms. The maximum absolute atomic E-state index is 13.0. The summed E-state index contributed by atoms with van der Waals surface area (Å²) in [5, 5.41) is 4.00. The summed E-state index contributed by atoms with van der Waals surface area (Å²) in [6.07, 6.45) is 3.75. The Morgan fingerprint density at radius 2 is 1.83 bits per heavy atom. The van der Waals surface area contributed by atoms with E-state index in [1.807, 2.05) is 0 Å². The van der Waals surface area contributed by atoms with E-state index in [1.54, 1.807) is 20.2 Å². The van der Waals surface area contributed by atoms with Gasteiger partial charge in [-0.25, -0.2) is 16.8 Å². The Hall–Kier alpha value is -2.44. The minimum Gasteiger partial charge on any atom is -0.370 e. The van der Waals surface area contributed by atoms with Gasteiger partial charge in [0.25, 0.3) is 10.0 Å². The van der Waals surface area contributed by atoms with Gasteiger partial charge >= 0.3 is 0 Å². The van der Waals surface area contributed by atoms with Crippen molar-refractivity contribution in [2.24, 2.45) is 18.7 Å². The lowest BCUT2D eigenvalue weighted by Gasteiger charge is -2.21. The SMILES string of the molecule is CCN(c1cnn(C)c1)S(=O)(=O)c1ccc(S(=O)(=O)N2CCC(CC(N)=O)C2)cc1. The summed E-state index contributed by atoms with van der Waals surface area (Å²) in [6, 6.07) is 5.16. The summed E-state index contributed by atoms with van der Waals surface area (Å²) in [6.45, 7) is 2.42. The Balaban J connectivity index is 1.82. The van der Waals surface area contributed by atoms with Gasteiger partial charge in [0, 0.05) is 39.3 Å². The van der Waals surface area contributed by atoms with E-state index in [2.05, 4.69) is 5.10 Å². The van der Waals surface area contributed by atoms with Crippen LogP contribution in [-0.2, 0) is 31.9 Å². The van der Waals surface area contributed by atoms with Gasteiger partial charge < -0.3 is 5.73 Å². The third kappa shape index (κ3) is 4.35. The van der Waals surface area contributed by atoms with Crippen molar-refractivity contribution in [1.82, 2.24) is 14.1 Å². The summed E-state index contributed by atoms with van der Waals surface area (Å²) < 4.78 is 55.8. The van der Waals surface area contributed by atoms with Crippen LogP contribution in [0.3, 0.4) is 0 Å². The van der Waals surface area contributed by atoms with Crippen molar-refractivity contribution in [2.45, 2.75) is 29.6 Å². The number of amides is 1. The topological polar surface area (TPSA) is 136 Å². The maximum Gasteiger partial charge on any atom is 0.264 e. The first-order valence-electron chi connectivity index (χ1n) is 9.45. The van der Waals surface area contributed by atoms with Gasteiger partial charge in [0.15, 0.2) is 0 Å². The highest BCUT2D eigenvalue weighted by Crippen LogP contribution is 2.28. The first kappa shape index (κ1) is 22.2. The van der Waals surface area contributed by atoms with Crippen molar-refractivity contribution in [3.8, 4) is 0 Å². The summed E-state index contributed by atoms with van der Waals surface area (Å²) in [4.78, 5) is 11.1. The van der Waals surface area contributed by atoms with Crippen LogP contribution in [0.25, 0.3) is 0 Å². The molecule has 0 radical (unpaired) electrons. The molecule has 0 aliphatic carbocycles. The lowest BCUT2D eigenvalue weighted by molar-refractivity contribution is -0.118. The van der Waals surface area contributed by atoms with Crippen molar-refractivity contribution in [2.75, 3.05) is 23.9 Å². The number of carbonyl (C=O) groups is 1. The van der Waals surface area contributed by atoms with Crippen LogP contribution in [0.4, 0.5) is 5.69 Å². The standard InChI is InChI=1S/C18H25N5O5S2/c1-3-23(15-11-20-21(2)13-15)30(27,28)17-6-4-16(5-7-17)29(25,26)22-9-8-14(12-22)10-18(19)24/h4-7,11,13-14H,3,8-10,12H2,1-2H3,(H2,19,24). The molecule has 1 aromatic heterocycles. The molecule has 164 valence electrons. The molecule has 1 unspecified atom stereocenters. The minimum atomic E-state index is -3.87. The lowest BCUT2D eigenvalue weighted by atomic mass is 10.1.